The minimum atomic E-state index is -0.296. The maximum Gasteiger partial charge on any atom is 0.145 e. The summed E-state index contributed by atoms with van der Waals surface area (Å²) < 4.78 is 4.58. The summed E-state index contributed by atoms with van der Waals surface area (Å²) in [5, 5.41) is 0. The second-order valence-corrected chi connectivity index (χ2v) is 15.9. The van der Waals surface area contributed by atoms with E-state index in [9.17, 15) is 0 Å². The summed E-state index contributed by atoms with van der Waals surface area (Å²) in [5.74, 6) is 1.71. The predicted molar refractivity (Wildman–Crippen MR) is 258 cm³/mol. The molecule has 298 valence electrons. The fourth-order valence-electron chi connectivity index (χ4n) is 9.32. The minimum Gasteiger partial charge on any atom is -0.314 e. The van der Waals surface area contributed by atoms with Gasteiger partial charge in [0, 0.05) is 33.9 Å². The fraction of sp³-hybridized carbons (Fsp3) is 0.0175. The van der Waals surface area contributed by atoms with Gasteiger partial charge in [-0.05, 0) is 120 Å². The number of nitrogens with zero attached hydrogens (tertiary/aromatic N) is 6. The molecule has 0 aliphatic carbocycles. The molecule has 63 heavy (non-hydrogen) atoms. The van der Waals surface area contributed by atoms with Crippen LogP contribution in [0.15, 0.2) is 237 Å². The van der Waals surface area contributed by atoms with Gasteiger partial charge in [-0.3, -0.25) is 9.13 Å². The van der Waals surface area contributed by atoms with Crippen molar-refractivity contribution in [3.63, 3.8) is 0 Å². The first-order valence-corrected chi connectivity index (χ1v) is 21.4. The molecule has 6 heteroatoms. The van der Waals surface area contributed by atoms with Gasteiger partial charge in [0.05, 0.1) is 33.4 Å². The summed E-state index contributed by atoms with van der Waals surface area (Å²) in [7, 11) is 0. The molecule has 1 unspecified atom stereocenters. The quantitative estimate of drug-likeness (QED) is 0.153. The van der Waals surface area contributed by atoms with Gasteiger partial charge in [-0.1, -0.05) is 133 Å². The molecule has 3 heterocycles. The number of imidazole rings is 2. The SMILES string of the molecule is c1ccc(-c2ccc(N3c4ccccc4N(c4ccccc4)C3c3cc(-c4nc5ccccc5n4-c4ccccc4)cc(-c4nc5ccccc5n4-c4ccccc4)c3)cc2)cc1. The average molecular weight is 809 g/mol. The zero-order valence-corrected chi connectivity index (χ0v) is 34.3. The Hall–Kier alpha value is -8.48. The number of rotatable bonds is 8. The van der Waals surface area contributed by atoms with E-state index in [1.807, 2.05) is 0 Å². The summed E-state index contributed by atoms with van der Waals surface area (Å²) in [6, 6.07) is 84.0. The highest BCUT2D eigenvalue weighted by molar-refractivity contribution is 5.91. The van der Waals surface area contributed by atoms with E-state index in [4.69, 9.17) is 9.97 Å². The predicted octanol–water partition coefficient (Wildman–Crippen LogP) is 14.4. The van der Waals surface area contributed by atoms with Crippen LogP contribution in [0.5, 0.6) is 0 Å². The number of benzene rings is 9. The lowest BCUT2D eigenvalue weighted by molar-refractivity contribution is 0.746. The van der Waals surface area contributed by atoms with Crippen molar-refractivity contribution in [2.24, 2.45) is 0 Å². The monoisotopic (exact) mass is 808 g/mol. The molecule has 9 aromatic carbocycles. The first kappa shape index (κ1) is 36.4. The van der Waals surface area contributed by atoms with Crippen LogP contribution in [0.2, 0.25) is 0 Å². The largest absolute Gasteiger partial charge is 0.314 e. The van der Waals surface area contributed by atoms with Gasteiger partial charge < -0.3 is 9.80 Å². The average Bonchev–Trinajstić information content (AvgIpc) is 4.06. The Balaban J connectivity index is 1.15. The van der Waals surface area contributed by atoms with Crippen molar-refractivity contribution >= 4 is 44.8 Å². The molecule has 1 aliphatic heterocycles. The highest BCUT2D eigenvalue weighted by Crippen LogP contribution is 2.54. The van der Waals surface area contributed by atoms with Crippen molar-refractivity contribution in [1.82, 2.24) is 19.1 Å². The summed E-state index contributed by atoms with van der Waals surface area (Å²) in [4.78, 5) is 15.8. The van der Waals surface area contributed by atoms with Crippen LogP contribution >= 0.6 is 0 Å². The van der Waals surface area contributed by atoms with Crippen molar-refractivity contribution in [2.75, 3.05) is 9.80 Å². The van der Waals surface area contributed by atoms with Gasteiger partial charge in [0.1, 0.15) is 17.8 Å². The Morgan fingerprint density at radius 1 is 0.302 bits per heavy atom. The molecule has 0 spiro atoms. The van der Waals surface area contributed by atoms with Crippen molar-refractivity contribution < 1.29 is 0 Å². The molecule has 12 rings (SSSR count). The highest BCUT2D eigenvalue weighted by atomic mass is 15.4. The molecule has 11 aromatic rings. The Morgan fingerprint density at radius 3 is 1.17 bits per heavy atom. The maximum atomic E-state index is 5.43. The van der Waals surface area contributed by atoms with Gasteiger partial charge in [0.2, 0.25) is 0 Å². The van der Waals surface area contributed by atoms with Gasteiger partial charge in [-0.2, -0.15) is 0 Å². The molecule has 1 atom stereocenters. The minimum absolute atomic E-state index is 0.296. The van der Waals surface area contributed by atoms with Crippen LogP contribution in [0.1, 0.15) is 11.7 Å². The summed E-state index contributed by atoms with van der Waals surface area (Å²) in [5.41, 5.74) is 15.9. The third-order valence-corrected chi connectivity index (χ3v) is 12.1. The van der Waals surface area contributed by atoms with Crippen molar-refractivity contribution in [3.8, 4) is 45.3 Å². The lowest BCUT2D eigenvalue weighted by Crippen LogP contribution is -2.30. The number of para-hydroxylation sites is 9. The molecule has 1 aliphatic rings. The molecule has 0 fully saturated rings. The zero-order chi connectivity index (χ0) is 41.7. The second-order valence-electron chi connectivity index (χ2n) is 15.9. The van der Waals surface area contributed by atoms with Crippen LogP contribution in [0.4, 0.5) is 22.7 Å². The number of fused-ring (bicyclic) bond motifs is 3. The molecular weight excluding hydrogens is 769 g/mol. The topological polar surface area (TPSA) is 42.1 Å². The van der Waals surface area contributed by atoms with Crippen molar-refractivity contribution in [1.29, 1.82) is 0 Å². The number of anilines is 4. The molecule has 0 radical (unpaired) electrons. The molecular formula is C57H40N6. The van der Waals surface area contributed by atoms with Crippen LogP contribution in [0, 0.1) is 0 Å². The normalized spacial score (nSPS) is 13.5. The molecule has 2 aromatic heterocycles. The van der Waals surface area contributed by atoms with E-state index in [0.717, 1.165) is 84.5 Å². The molecule has 6 nitrogen and oxygen atoms in total. The standard InChI is InChI=1S/C57H40N6/c1-5-19-40(20-6-1)41-33-35-48(36-34-41)63-54-32-18-17-31-53(54)62(47-25-11-4-12-26-47)57(63)44-38-42(55-58-49-27-13-15-29-51(49)60(55)45-21-7-2-8-22-45)37-43(39-44)56-59-50-28-14-16-30-52(50)61(56)46-23-9-3-10-24-46/h1-39,57H. The van der Waals surface area contributed by atoms with Gasteiger partial charge in [0.25, 0.3) is 0 Å². The van der Waals surface area contributed by atoms with Gasteiger partial charge >= 0.3 is 0 Å². The van der Waals surface area contributed by atoms with Crippen LogP contribution in [-0.4, -0.2) is 19.1 Å². The van der Waals surface area contributed by atoms with E-state index in [2.05, 4.69) is 256 Å². The van der Waals surface area contributed by atoms with Crippen LogP contribution in [-0.2, 0) is 0 Å². The second kappa shape index (κ2) is 15.2. The summed E-state index contributed by atoms with van der Waals surface area (Å²) in [6.45, 7) is 0. The Kier molecular flexibility index (Phi) is 8.78. The number of aromatic nitrogens is 4. The number of hydrogen-bond acceptors (Lipinski definition) is 4. The van der Waals surface area contributed by atoms with Crippen LogP contribution < -0.4 is 9.80 Å². The van der Waals surface area contributed by atoms with E-state index in [1.165, 1.54) is 11.1 Å². The first-order chi connectivity index (χ1) is 31.3. The molecule has 0 bridgehead atoms. The number of hydrogen-bond donors (Lipinski definition) is 0. The van der Waals surface area contributed by atoms with Crippen LogP contribution in [0.3, 0.4) is 0 Å². The van der Waals surface area contributed by atoms with Gasteiger partial charge in [-0.15, -0.1) is 0 Å². The van der Waals surface area contributed by atoms with Gasteiger partial charge in [-0.25, -0.2) is 9.97 Å². The maximum absolute atomic E-state index is 5.43. The lowest BCUT2D eigenvalue weighted by Gasteiger charge is -2.34. The first-order valence-electron chi connectivity index (χ1n) is 21.4. The smallest absolute Gasteiger partial charge is 0.145 e. The van der Waals surface area contributed by atoms with E-state index >= 15 is 0 Å². The van der Waals surface area contributed by atoms with E-state index in [0.29, 0.717) is 0 Å². The van der Waals surface area contributed by atoms with E-state index < -0.39 is 0 Å². The zero-order valence-electron chi connectivity index (χ0n) is 34.3. The molecule has 0 saturated heterocycles. The third kappa shape index (κ3) is 6.27. The third-order valence-electron chi connectivity index (χ3n) is 12.1. The van der Waals surface area contributed by atoms with E-state index in [1.54, 1.807) is 0 Å². The van der Waals surface area contributed by atoms with Gasteiger partial charge in [0.15, 0.2) is 0 Å². The summed E-state index contributed by atoms with van der Waals surface area (Å²) in [6.07, 6.45) is -0.296. The molecule has 0 saturated carbocycles. The lowest BCUT2D eigenvalue weighted by atomic mass is 10.00. The van der Waals surface area contributed by atoms with Crippen LogP contribution in [0.25, 0.3) is 67.3 Å². The Morgan fingerprint density at radius 2 is 0.683 bits per heavy atom. The molecule has 0 amide bonds. The van der Waals surface area contributed by atoms with E-state index in [-0.39, 0.29) is 6.17 Å². The highest BCUT2D eigenvalue weighted by Gasteiger charge is 2.39. The summed E-state index contributed by atoms with van der Waals surface area (Å²) >= 11 is 0. The fourth-order valence-corrected chi connectivity index (χ4v) is 9.32. The Labute approximate surface area is 365 Å². The molecule has 0 N–H and O–H groups in total. The van der Waals surface area contributed by atoms with Crippen molar-refractivity contribution in [2.45, 2.75) is 6.17 Å². The van der Waals surface area contributed by atoms with Crippen molar-refractivity contribution in [3.05, 3.63) is 242 Å². The Bertz CT molecular complexity index is 3260.